The summed E-state index contributed by atoms with van der Waals surface area (Å²) in [4.78, 5) is 11.9. The highest BCUT2D eigenvalue weighted by Crippen LogP contribution is 2.21. The van der Waals surface area contributed by atoms with Crippen LogP contribution in [0.15, 0.2) is 47.4 Å². The van der Waals surface area contributed by atoms with Crippen LogP contribution in [0.25, 0.3) is 0 Å². The van der Waals surface area contributed by atoms with Crippen LogP contribution in [-0.4, -0.2) is 34.5 Å². The average molecular weight is 380 g/mol. The van der Waals surface area contributed by atoms with Gasteiger partial charge in [0, 0.05) is 6.54 Å². The van der Waals surface area contributed by atoms with Gasteiger partial charge in [0.2, 0.25) is 15.9 Å². The maximum Gasteiger partial charge on any atom is 0.241 e. The van der Waals surface area contributed by atoms with Crippen LogP contribution in [0.3, 0.4) is 0 Å². The van der Waals surface area contributed by atoms with Gasteiger partial charge in [-0.15, -0.1) is 0 Å². The number of rotatable bonds is 8. The second kappa shape index (κ2) is 8.77. The summed E-state index contributed by atoms with van der Waals surface area (Å²) in [7, 11) is -2.31. The highest BCUT2D eigenvalue weighted by molar-refractivity contribution is 7.89. The standard InChI is InChI=1S/C18H21FN2O4S/c1-13-11-15(7-8-17(13)25-2)26(23,24)21-12-18(22)20-10-9-14-5-3-4-6-16(14)19/h3-8,11,21H,9-10,12H2,1-2H3,(H,20,22). The molecule has 0 aliphatic rings. The molecular formula is C18H21FN2O4S. The first-order valence-corrected chi connectivity index (χ1v) is 9.46. The van der Waals surface area contributed by atoms with E-state index in [0.717, 1.165) is 0 Å². The van der Waals surface area contributed by atoms with E-state index in [-0.39, 0.29) is 17.3 Å². The molecule has 2 N–H and O–H groups in total. The van der Waals surface area contributed by atoms with Crippen LogP contribution >= 0.6 is 0 Å². The lowest BCUT2D eigenvalue weighted by molar-refractivity contribution is -0.119. The molecule has 0 bridgehead atoms. The van der Waals surface area contributed by atoms with Crippen molar-refractivity contribution in [3.63, 3.8) is 0 Å². The minimum absolute atomic E-state index is 0.0509. The van der Waals surface area contributed by atoms with Crippen molar-refractivity contribution in [1.82, 2.24) is 10.0 Å². The second-order valence-corrected chi connectivity index (χ2v) is 7.41. The van der Waals surface area contributed by atoms with Gasteiger partial charge in [0.1, 0.15) is 11.6 Å². The lowest BCUT2D eigenvalue weighted by atomic mass is 10.1. The Morgan fingerprint density at radius 2 is 1.92 bits per heavy atom. The fourth-order valence-electron chi connectivity index (χ4n) is 2.36. The van der Waals surface area contributed by atoms with Crippen molar-refractivity contribution in [2.75, 3.05) is 20.2 Å². The van der Waals surface area contributed by atoms with Gasteiger partial charge < -0.3 is 10.1 Å². The quantitative estimate of drug-likeness (QED) is 0.731. The Bertz CT molecular complexity index is 885. The zero-order valence-corrected chi connectivity index (χ0v) is 15.4. The number of nitrogens with one attached hydrogen (secondary N) is 2. The first-order valence-electron chi connectivity index (χ1n) is 7.98. The van der Waals surface area contributed by atoms with Crippen LogP contribution in [0, 0.1) is 12.7 Å². The molecule has 6 nitrogen and oxygen atoms in total. The van der Waals surface area contributed by atoms with Gasteiger partial charge in [-0.1, -0.05) is 18.2 Å². The summed E-state index contributed by atoms with van der Waals surface area (Å²) in [6.45, 7) is 1.54. The Morgan fingerprint density at radius 3 is 2.58 bits per heavy atom. The van der Waals surface area contributed by atoms with Gasteiger partial charge in [0.15, 0.2) is 0 Å². The maximum absolute atomic E-state index is 13.5. The van der Waals surface area contributed by atoms with E-state index in [0.29, 0.717) is 23.3 Å². The molecule has 0 radical (unpaired) electrons. The van der Waals surface area contributed by atoms with Crippen molar-refractivity contribution in [3.8, 4) is 5.75 Å². The van der Waals surface area contributed by atoms with Crippen molar-refractivity contribution in [3.05, 3.63) is 59.4 Å². The molecule has 0 saturated carbocycles. The molecule has 1 amide bonds. The largest absolute Gasteiger partial charge is 0.496 e. The van der Waals surface area contributed by atoms with E-state index in [1.165, 1.54) is 25.3 Å². The average Bonchev–Trinajstić information content (AvgIpc) is 2.61. The maximum atomic E-state index is 13.5. The molecule has 0 heterocycles. The van der Waals surface area contributed by atoms with Gasteiger partial charge in [0.05, 0.1) is 18.6 Å². The van der Waals surface area contributed by atoms with E-state index in [2.05, 4.69) is 10.0 Å². The molecule has 0 aliphatic carbocycles. The number of hydrogen-bond donors (Lipinski definition) is 2. The lowest BCUT2D eigenvalue weighted by Crippen LogP contribution is -2.37. The number of methoxy groups -OCH3 is 1. The molecule has 0 unspecified atom stereocenters. The van der Waals surface area contributed by atoms with Crippen LogP contribution in [0.4, 0.5) is 4.39 Å². The molecule has 0 aromatic heterocycles. The monoisotopic (exact) mass is 380 g/mol. The van der Waals surface area contributed by atoms with Gasteiger partial charge in [-0.3, -0.25) is 4.79 Å². The molecule has 8 heteroatoms. The van der Waals surface area contributed by atoms with E-state index in [4.69, 9.17) is 4.74 Å². The summed E-state index contributed by atoms with van der Waals surface area (Å²) in [5, 5.41) is 2.56. The Kier molecular flexibility index (Phi) is 6.70. The smallest absolute Gasteiger partial charge is 0.241 e. The highest BCUT2D eigenvalue weighted by Gasteiger charge is 2.16. The van der Waals surface area contributed by atoms with Gasteiger partial charge >= 0.3 is 0 Å². The Balaban J connectivity index is 1.86. The normalized spacial score (nSPS) is 11.2. The summed E-state index contributed by atoms with van der Waals surface area (Å²) in [5.74, 6) is -0.248. The topological polar surface area (TPSA) is 84.5 Å². The first kappa shape index (κ1) is 19.9. The minimum atomic E-state index is -3.81. The summed E-state index contributed by atoms with van der Waals surface area (Å²) in [6.07, 6.45) is 0.322. The van der Waals surface area contributed by atoms with Gasteiger partial charge in [-0.2, -0.15) is 0 Å². The third-order valence-electron chi connectivity index (χ3n) is 3.77. The van der Waals surface area contributed by atoms with Crippen LogP contribution in [0.1, 0.15) is 11.1 Å². The fraction of sp³-hybridized carbons (Fsp3) is 0.278. The van der Waals surface area contributed by atoms with E-state index >= 15 is 0 Å². The summed E-state index contributed by atoms with van der Waals surface area (Å²) in [6, 6.07) is 10.7. The lowest BCUT2D eigenvalue weighted by Gasteiger charge is -2.10. The van der Waals surface area contributed by atoms with E-state index in [1.807, 2.05) is 0 Å². The van der Waals surface area contributed by atoms with E-state index in [1.54, 1.807) is 31.2 Å². The number of carbonyl (C=O) groups is 1. The number of ether oxygens (including phenoxy) is 1. The number of aryl methyl sites for hydroxylation is 1. The Hall–Kier alpha value is -2.45. The van der Waals surface area contributed by atoms with Crippen LogP contribution in [0.5, 0.6) is 5.75 Å². The number of amides is 1. The van der Waals surface area contributed by atoms with Crippen molar-refractivity contribution in [2.24, 2.45) is 0 Å². The molecule has 140 valence electrons. The SMILES string of the molecule is COc1ccc(S(=O)(=O)NCC(=O)NCCc2ccccc2F)cc1C. The minimum Gasteiger partial charge on any atom is -0.496 e. The van der Waals surface area contributed by atoms with Crippen molar-refractivity contribution in [1.29, 1.82) is 0 Å². The third kappa shape index (κ3) is 5.27. The Labute approximate surface area is 152 Å². The second-order valence-electron chi connectivity index (χ2n) is 5.65. The van der Waals surface area contributed by atoms with Gasteiger partial charge in [-0.25, -0.2) is 17.5 Å². The number of benzene rings is 2. The fourth-order valence-corrected chi connectivity index (χ4v) is 3.43. The van der Waals surface area contributed by atoms with Crippen LogP contribution in [0.2, 0.25) is 0 Å². The molecule has 2 rings (SSSR count). The molecule has 0 fully saturated rings. The van der Waals surface area contributed by atoms with E-state index < -0.39 is 22.5 Å². The molecule has 0 aliphatic heterocycles. The molecule has 0 atom stereocenters. The van der Waals surface area contributed by atoms with E-state index in [9.17, 15) is 17.6 Å². The molecular weight excluding hydrogens is 359 g/mol. The van der Waals surface area contributed by atoms with Gasteiger partial charge in [-0.05, 0) is 48.7 Å². The van der Waals surface area contributed by atoms with Crippen molar-refractivity contribution >= 4 is 15.9 Å². The zero-order chi connectivity index (χ0) is 19.2. The summed E-state index contributed by atoms with van der Waals surface area (Å²) < 4.78 is 45.3. The predicted molar refractivity (Wildman–Crippen MR) is 96.0 cm³/mol. The molecule has 2 aromatic rings. The summed E-state index contributed by atoms with van der Waals surface area (Å²) in [5.41, 5.74) is 1.16. The molecule has 0 spiro atoms. The first-order chi connectivity index (χ1) is 12.3. The Morgan fingerprint density at radius 1 is 1.19 bits per heavy atom. The van der Waals surface area contributed by atoms with Crippen molar-refractivity contribution in [2.45, 2.75) is 18.2 Å². The van der Waals surface area contributed by atoms with Crippen LogP contribution in [-0.2, 0) is 21.2 Å². The van der Waals surface area contributed by atoms with Gasteiger partial charge in [0.25, 0.3) is 0 Å². The molecule has 0 saturated heterocycles. The highest BCUT2D eigenvalue weighted by atomic mass is 32.2. The molecule has 2 aromatic carbocycles. The predicted octanol–water partition coefficient (Wildman–Crippen LogP) is 1.78. The summed E-state index contributed by atoms with van der Waals surface area (Å²) >= 11 is 0. The molecule has 26 heavy (non-hydrogen) atoms. The number of sulfonamides is 1. The third-order valence-corrected chi connectivity index (χ3v) is 5.17. The zero-order valence-electron chi connectivity index (χ0n) is 14.6. The number of halogens is 1. The van der Waals surface area contributed by atoms with Crippen molar-refractivity contribution < 1.29 is 22.3 Å². The van der Waals surface area contributed by atoms with Crippen LogP contribution < -0.4 is 14.8 Å². The number of carbonyl (C=O) groups excluding carboxylic acids is 1. The number of hydrogen-bond acceptors (Lipinski definition) is 4.